The maximum atomic E-state index is 10.5. The molecule has 2 aromatic heterocycles. The Morgan fingerprint density at radius 1 is 1.52 bits per heavy atom. The van der Waals surface area contributed by atoms with Crippen molar-refractivity contribution in [3.05, 3.63) is 24.5 Å². The second-order valence-electron chi connectivity index (χ2n) is 5.23. The fourth-order valence-electron chi connectivity index (χ4n) is 2.46. The van der Waals surface area contributed by atoms with E-state index in [2.05, 4.69) is 14.7 Å². The molecule has 1 fully saturated rings. The fraction of sp³-hybridized carbons (Fsp3) is 0.429. The predicted octanol–water partition coefficient (Wildman–Crippen LogP) is 1.74. The Bertz CT molecular complexity index is 619. The summed E-state index contributed by atoms with van der Waals surface area (Å²) in [7, 11) is 0. The number of aromatic nitrogens is 2. The number of ether oxygens (including phenoxy) is 1. The highest BCUT2D eigenvalue weighted by Crippen LogP contribution is 2.37. The van der Waals surface area contributed by atoms with Gasteiger partial charge in [-0.05, 0) is 36.2 Å². The van der Waals surface area contributed by atoms with E-state index in [0.29, 0.717) is 25.4 Å². The molecule has 0 amide bonds. The highest BCUT2D eigenvalue weighted by Gasteiger charge is 2.39. The summed E-state index contributed by atoms with van der Waals surface area (Å²) in [6.07, 6.45) is 3.88. The molecule has 2 atom stereocenters. The van der Waals surface area contributed by atoms with Gasteiger partial charge in [-0.2, -0.15) is 4.37 Å². The molecule has 2 unspecified atom stereocenters. The van der Waals surface area contributed by atoms with Crippen LogP contribution in [0.4, 0.5) is 10.8 Å². The predicted molar refractivity (Wildman–Crippen MR) is 83.2 cm³/mol. The van der Waals surface area contributed by atoms with Gasteiger partial charge in [-0.1, -0.05) is 0 Å². The minimum Gasteiger partial charge on any atom is -0.385 e. The van der Waals surface area contributed by atoms with E-state index in [4.69, 9.17) is 10.5 Å². The number of hydrogen-bond donors (Lipinski definition) is 3. The first-order valence-electron chi connectivity index (χ1n) is 6.83. The molecule has 6 nitrogen and oxygen atoms in total. The van der Waals surface area contributed by atoms with E-state index in [9.17, 15) is 5.11 Å². The Hall–Kier alpha value is -1.70. The third kappa shape index (κ3) is 2.72. The van der Waals surface area contributed by atoms with Crippen LogP contribution in [0.3, 0.4) is 0 Å². The molecule has 4 N–H and O–H groups in total. The summed E-state index contributed by atoms with van der Waals surface area (Å²) >= 11 is 1.30. The average Bonchev–Trinajstić information content (AvgIpc) is 3.02. The van der Waals surface area contributed by atoms with E-state index in [0.717, 1.165) is 16.1 Å². The number of nitrogen functional groups attached to an aromatic ring is 1. The second kappa shape index (κ2) is 5.59. The van der Waals surface area contributed by atoms with Crippen LogP contribution in [0.25, 0.3) is 11.1 Å². The number of hydrogen-bond acceptors (Lipinski definition) is 7. The fourth-order valence-corrected chi connectivity index (χ4v) is 3.19. The van der Waals surface area contributed by atoms with Crippen LogP contribution in [0.2, 0.25) is 0 Å². The first-order valence-corrected chi connectivity index (χ1v) is 7.61. The molecule has 2 aromatic rings. The van der Waals surface area contributed by atoms with E-state index in [1.807, 2.05) is 19.1 Å². The average molecular weight is 306 g/mol. The van der Waals surface area contributed by atoms with E-state index in [-0.39, 0.29) is 6.10 Å². The molecular formula is C14H18N4O2S. The monoisotopic (exact) mass is 306 g/mol. The Morgan fingerprint density at radius 3 is 2.95 bits per heavy atom. The molecule has 7 heteroatoms. The number of anilines is 2. The highest BCUT2D eigenvalue weighted by molar-refractivity contribution is 7.11. The maximum Gasteiger partial charge on any atom is 0.147 e. The zero-order valence-corrected chi connectivity index (χ0v) is 12.6. The summed E-state index contributed by atoms with van der Waals surface area (Å²) in [6.45, 7) is 2.88. The summed E-state index contributed by atoms with van der Waals surface area (Å²) in [4.78, 5) is 4.01. The number of nitrogens with zero attached hydrogens (tertiary/aromatic N) is 2. The molecule has 1 saturated heterocycles. The van der Waals surface area contributed by atoms with Crippen LogP contribution >= 0.6 is 11.5 Å². The maximum absolute atomic E-state index is 10.5. The molecule has 3 rings (SSSR count). The minimum absolute atomic E-state index is 0.181. The Labute approximate surface area is 127 Å². The smallest absolute Gasteiger partial charge is 0.147 e. The lowest BCUT2D eigenvalue weighted by Crippen LogP contribution is -2.42. The molecule has 0 saturated carbocycles. The van der Waals surface area contributed by atoms with Crippen LogP contribution in [-0.4, -0.2) is 39.3 Å². The lowest BCUT2D eigenvalue weighted by atomic mass is 9.97. The lowest BCUT2D eigenvalue weighted by molar-refractivity contribution is -0.0175. The first kappa shape index (κ1) is 14.2. The van der Waals surface area contributed by atoms with Crippen molar-refractivity contribution in [2.75, 3.05) is 24.2 Å². The van der Waals surface area contributed by atoms with Gasteiger partial charge < -0.3 is 20.9 Å². The summed E-state index contributed by atoms with van der Waals surface area (Å²) in [5.74, 6) is 0.483. The highest BCUT2D eigenvalue weighted by atomic mass is 32.1. The van der Waals surface area contributed by atoms with Crippen LogP contribution in [0, 0.1) is 0 Å². The van der Waals surface area contributed by atoms with Crippen molar-refractivity contribution in [1.82, 2.24) is 9.36 Å². The molecule has 0 spiro atoms. The van der Waals surface area contributed by atoms with Crippen molar-refractivity contribution < 1.29 is 9.84 Å². The van der Waals surface area contributed by atoms with Gasteiger partial charge in [0.05, 0.1) is 11.7 Å². The Balaban J connectivity index is 1.81. The summed E-state index contributed by atoms with van der Waals surface area (Å²) < 4.78 is 9.65. The summed E-state index contributed by atoms with van der Waals surface area (Å²) in [5, 5.41) is 14.7. The van der Waals surface area contributed by atoms with Crippen LogP contribution in [-0.2, 0) is 4.74 Å². The van der Waals surface area contributed by atoms with Crippen molar-refractivity contribution in [3.63, 3.8) is 0 Å². The molecule has 0 radical (unpaired) electrons. The molecular weight excluding hydrogens is 288 g/mol. The number of nitrogens with two attached hydrogens (primary N) is 1. The zero-order chi connectivity index (χ0) is 14.9. The van der Waals surface area contributed by atoms with Gasteiger partial charge in [0.1, 0.15) is 16.4 Å². The second-order valence-corrected chi connectivity index (χ2v) is 6.00. The largest absolute Gasteiger partial charge is 0.385 e. The molecule has 3 heterocycles. The van der Waals surface area contributed by atoms with Crippen molar-refractivity contribution >= 4 is 22.4 Å². The third-order valence-electron chi connectivity index (χ3n) is 3.90. The molecule has 112 valence electrons. The number of aliphatic hydroxyl groups is 1. The lowest BCUT2D eigenvalue weighted by Gasteiger charge is -2.26. The van der Waals surface area contributed by atoms with Gasteiger partial charge >= 0.3 is 0 Å². The van der Waals surface area contributed by atoms with Crippen LogP contribution in [0.5, 0.6) is 0 Å². The van der Waals surface area contributed by atoms with Crippen molar-refractivity contribution in [2.24, 2.45) is 0 Å². The van der Waals surface area contributed by atoms with Crippen molar-refractivity contribution in [1.29, 1.82) is 0 Å². The van der Waals surface area contributed by atoms with Gasteiger partial charge in [0, 0.05) is 32.0 Å². The molecule has 0 aromatic carbocycles. The minimum atomic E-state index is -0.853. The quantitative estimate of drug-likeness (QED) is 0.796. The SMILES string of the molecule is CC1OCCC1(O)CNc1snc(N)c1-c1ccncc1. The van der Waals surface area contributed by atoms with E-state index in [1.54, 1.807) is 12.4 Å². The van der Waals surface area contributed by atoms with Gasteiger partial charge in [0.2, 0.25) is 0 Å². The first-order chi connectivity index (χ1) is 10.1. The van der Waals surface area contributed by atoms with Gasteiger partial charge in [-0.15, -0.1) is 0 Å². The van der Waals surface area contributed by atoms with E-state index >= 15 is 0 Å². The molecule has 1 aliphatic rings. The van der Waals surface area contributed by atoms with E-state index in [1.165, 1.54) is 11.5 Å². The number of pyridine rings is 1. The van der Waals surface area contributed by atoms with Gasteiger partial charge in [0.15, 0.2) is 0 Å². The number of nitrogens with one attached hydrogen (secondary N) is 1. The normalized spacial score (nSPS) is 25.1. The topological polar surface area (TPSA) is 93.3 Å². The molecule has 21 heavy (non-hydrogen) atoms. The summed E-state index contributed by atoms with van der Waals surface area (Å²) in [5.41, 5.74) is 6.93. The third-order valence-corrected chi connectivity index (χ3v) is 4.72. The Kier molecular flexibility index (Phi) is 3.79. The molecule has 1 aliphatic heterocycles. The van der Waals surface area contributed by atoms with Gasteiger partial charge in [-0.3, -0.25) is 4.98 Å². The summed E-state index contributed by atoms with van der Waals surface area (Å²) in [6, 6.07) is 3.78. The standard InChI is InChI=1S/C14H18N4O2S/c1-9-14(19,4-7-20-9)8-17-13-11(12(15)18-21-13)10-2-5-16-6-3-10/h2-3,5-6,9,17,19H,4,7-8H2,1H3,(H2,15,18). The number of rotatable bonds is 4. The van der Waals surface area contributed by atoms with Crippen molar-refractivity contribution in [3.8, 4) is 11.1 Å². The van der Waals surface area contributed by atoms with Crippen LogP contribution < -0.4 is 11.1 Å². The Morgan fingerprint density at radius 2 is 2.29 bits per heavy atom. The van der Waals surface area contributed by atoms with Gasteiger partial charge in [0.25, 0.3) is 0 Å². The van der Waals surface area contributed by atoms with Crippen LogP contribution in [0.15, 0.2) is 24.5 Å². The molecule has 0 bridgehead atoms. The zero-order valence-electron chi connectivity index (χ0n) is 11.7. The van der Waals surface area contributed by atoms with E-state index < -0.39 is 5.60 Å². The molecule has 0 aliphatic carbocycles. The van der Waals surface area contributed by atoms with Crippen LogP contribution in [0.1, 0.15) is 13.3 Å². The van der Waals surface area contributed by atoms with Gasteiger partial charge in [-0.25, -0.2) is 0 Å². The van der Waals surface area contributed by atoms with Crippen molar-refractivity contribution in [2.45, 2.75) is 25.0 Å².